The van der Waals surface area contributed by atoms with Crippen LogP contribution >= 0.6 is 28.1 Å². The number of thiocarbonyl (C=S) groups is 1. The average Bonchev–Trinajstić information content (AvgIpc) is 2.63. The third kappa shape index (κ3) is 2.96. The van der Waals surface area contributed by atoms with Crippen LogP contribution in [-0.4, -0.2) is 27.5 Å². The number of rotatable bonds is 2. The van der Waals surface area contributed by atoms with E-state index in [9.17, 15) is 4.79 Å². The first-order valence-electron chi connectivity index (χ1n) is 5.28. The second kappa shape index (κ2) is 5.45. The summed E-state index contributed by atoms with van der Waals surface area (Å²) in [5.41, 5.74) is 9.57. The molecule has 0 saturated heterocycles. The molecule has 1 aliphatic rings. The van der Waals surface area contributed by atoms with E-state index in [-0.39, 0.29) is 10.8 Å². The minimum atomic E-state index is -0.438. The van der Waals surface area contributed by atoms with E-state index in [1.807, 2.05) is 24.3 Å². The van der Waals surface area contributed by atoms with Crippen LogP contribution < -0.4 is 11.2 Å². The number of hydrazone groups is 2. The van der Waals surface area contributed by atoms with Crippen molar-refractivity contribution in [2.75, 3.05) is 5.43 Å². The number of nitrogens with zero attached hydrogens (tertiary/aromatic N) is 3. The number of amides is 1. The monoisotopic (exact) mass is 339 g/mol. The van der Waals surface area contributed by atoms with Gasteiger partial charge < -0.3 is 5.73 Å². The van der Waals surface area contributed by atoms with Gasteiger partial charge in [0, 0.05) is 4.47 Å². The lowest BCUT2D eigenvalue weighted by Gasteiger charge is -2.07. The quantitative estimate of drug-likeness (QED) is 0.634. The van der Waals surface area contributed by atoms with Crippen molar-refractivity contribution in [3.8, 4) is 0 Å². The maximum Gasteiger partial charge on any atom is 0.303 e. The molecule has 0 atom stereocenters. The highest BCUT2D eigenvalue weighted by Gasteiger charge is 2.31. The Bertz CT molecular complexity index is 613. The van der Waals surface area contributed by atoms with Crippen LogP contribution in [0.3, 0.4) is 0 Å². The third-order valence-electron chi connectivity index (χ3n) is 2.32. The first-order valence-corrected chi connectivity index (χ1v) is 6.48. The first-order chi connectivity index (χ1) is 8.99. The van der Waals surface area contributed by atoms with E-state index in [1.165, 1.54) is 0 Å². The number of nitrogens with one attached hydrogen (secondary N) is 1. The number of halogens is 1. The molecule has 0 saturated carbocycles. The lowest BCUT2D eigenvalue weighted by Crippen LogP contribution is -2.36. The van der Waals surface area contributed by atoms with E-state index in [0.29, 0.717) is 5.71 Å². The number of carbonyl (C=O) groups excluding carboxylic acids is 1. The molecule has 6 nitrogen and oxygen atoms in total. The van der Waals surface area contributed by atoms with Crippen molar-refractivity contribution in [2.24, 2.45) is 15.9 Å². The molecule has 1 aromatic rings. The van der Waals surface area contributed by atoms with Gasteiger partial charge in [0.25, 0.3) is 0 Å². The van der Waals surface area contributed by atoms with Crippen molar-refractivity contribution in [2.45, 2.75) is 6.92 Å². The van der Waals surface area contributed by atoms with Gasteiger partial charge in [-0.05, 0) is 37.3 Å². The fraction of sp³-hybridized carbons (Fsp3) is 0.0909. The standard InChI is InChI=1S/C11H10BrN5OS/c1-6-9(10(18)17(16-6)11(13)19)15-14-8-4-2-3-7(12)5-8/h2-5,14H,1H3,(H2,13,19)/b15-9+. The highest BCUT2D eigenvalue weighted by Crippen LogP contribution is 2.16. The van der Waals surface area contributed by atoms with E-state index >= 15 is 0 Å². The third-order valence-corrected chi connectivity index (χ3v) is 2.98. The van der Waals surface area contributed by atoms with Crippen LogP contribution in [0.1, 0.15) is 6.92 Å². The van der Waals surface area contributed by atoms with Crippen LogP contribution in [0.4, 0.5) is 5.69 Å². The number of nitrogens with two attached hydrogens (primary N) is 1. The summed E-state index contributed by atoms with van der Waals surface area (Å²) in [5, 5.41) is 8.82. The average molecular weight is 340 g/mol. The van der Waals surface area contributed by atoms with E-state index in [0.717, 1.165) is 15.2 Å². The molecule has 0 fully saturated rings. The number of benzene rings is 1. The van der Waals surface area contributed by atoms with Crippen LogP contribution in [0, 0.1) is 0 Å². The molecule has 0 bridgehead atoms. The molecule has 98 valence electrons. The number of hydrogen-bond donors (Lipinski definition) is 2. The Morgan fingerprint density at radius 2 is 2.32 bits per heavy atom. The van der Waals surface area contributed by atoms with Gasteiger partial charge in [-0.2, -0.15) is 15.2 Å². The van der Waals surface area contributed by atoms with E-state index < -0.39 is 5.91 Å². The van der Waals surface area contributed by atoms with E-state index in [4.69, 9.17) is 18.0 Å². The molecule has 0 aromatic heterocycles. The first kappa shape index (κ1) is 13.6. The lowest BCUT2D eigenvalue weighted by molar-refractivity contribution is -0.119. The van der Waals surface area contributed by atoms with Crippen molar-refractivity contribution < 1.29 is 4.79 Å². The maximum atomic E-state index is 11.9. The zero-order valence-electron chi connectivity index (χ0n) is 9.92. The van der Waals surface area contributed by atoms with E-state index in [2.05, 4.69) is 31.6 Å². The van der Waals surface area contributed by atoms with Crippen molar-refractivity contribution >= 4 is 56.3 Å². The summed E-state index contributed by atoms with van der Waals surface area (Å²) in [4.78, 5) is 11.9. The molecule has 19 heavy (non-hydrogen) atoms. The Morgan fingerprint density at radius 3 is 2.89 bits per heavy atom. The summed E-state index contributed by atoms with van der Waals surface area (Å²) in [6.07, 6.45) is 0. The number of carbonyl (C=O) groups is 1. The van der Waals surface area contributed by atoms with Crippen LogP contribution in [-0.2, 0) is 4.79 Å². The normalized spacial score (nSPS) is 16.7. The van der Waals surface area contributed by atoms with Crippen LogP contribution in [0.5, 0.6) is 0 Å². The molecule has 0 radical (unpaired) electrons. The van der Waals surface area contributed by atoms with E-state index in [1.54, 1.807) is 6.92 Å². The molecule has 1 aromatic carbocycles. The van der Waals surface area contributed by atoms with Gasteiger partial charge in [0.15, 0.2) is 10.8 Å². The highest BCUT2D eigenvalue weighted by molar-refractivity contribution is 9.10. The SMILES string of the molecule is CC1=NN(C(N)=S)C(=O)/C1=N/Nc1cccc(Br)c1. The topological polar surface area (TPSA) is 83.1 Å². The predicted octanol–water partition coefficient (Wildman–Crippen LogP) is 1.68. The molecule has 0 spiro atoms. The zero-order valence-corrected chi connectivity index (χ0v) is 12.3. The fourth-order valence-electron chi connectivity index (χ4n) is 1.45. The van der Waals surface area contributed by atoms with Crippen molar-refractivity contribution in [1.82, 2.24) is 5.01 Å². The zero-order chi connectivity index (χ0) is 14.0. The molecule has 0 unspecified atom stereocenters. The molecule has 8 heteroatoms. The van der Waals surface area contributed by atoms with Crippen LogP contribution in [0.2, 0.25) is 0 Å². The highest BCUT2D eigenvalue weighted by atomic mass is 79.9. The predicted molar refractivity (Wildman–Crippen MR) is 81.9 cm³/mol. The maximum absolute atomic E-state index is 11.9. The molecule has 3 N–H and O–H groups in total. The van der Waals surface area contributed by atoms with Gasteiger partial charge in [-0.25, -0.2) is 0 Å². The Morgan fingerprint density at radius 1 is 1.58 bits per heavy atom. The largest absolute Gasteiger partial charge is 0.374 e. The minimum Gasteiger partial charge on any atom is -0.374 e. The van der Waals surface area contributed by atoms with Gasteiger partial charge in [-0.3, -0.25) is 10.2 Å². The Labute approximate surface area is 123 Å². The van der Waals surface area contributed by atoms with Crippen molar-refractivity contribution in [1.29, 1.82) is 0 Å². The van der Waals surface area contributed by atoms with Gasteiger partial charge in [0.05, 0.1) is 11.4 Å². The van der Waals surface area contributed by atoms with Crippen molar-refractivity contribution in [3.05, 3.63) is 28.7 Å². The summed E-state index contributed by atoms with van der Waals surface area (Å²) in [5.74, 6) is -0.438. The molecular weight excluding hydrogens is 330 g/mol. The summed E-state index contributed by atoms with van der Waals surface area (Å²) in [6, 6.07) is 7.40. The van der Waals surface area contributed by atoms with Gasteiger partial charge in [-0.1, -0.05) is 22.0 Å². The summed E-state index contributed by atoms with van der Waals surface area (Å²) in [7, 11) is 0. The van der Waals surface area contributed by atoms with Crippen molar-refractivity contribution in [3.63, 3.8) is 0 Å². The van der Waals surface area contributed by atoms with Gasteiger partial charge in [0.1, 0.15) is 0 Å². The van der Waals surface area contributed by atoms with Gasteiger partial charge in [-0.15, -0.1) is 0 Å². The minimum absolute atomic E-state index is 0.1000. The molecule has 1 amide bonds. The second-order valence-electron chi connectivity index (χ2n) is 3.72. The second-order valence-corrected chi connectivity index (χ2v) is 5.06. The number of hydrogen-bond acceptors (Lipinski definition) is 5. The fourth-order valence-corrected chi connectivity index (χ4v) is 1.98. The molecule has 2 rings (SSSR count). The van der Waals surface area contributed by atoms with Crippen LogP contribution in [0.15, 0.2) is 38.9 Å². The van der Waals surface area contributed by atoms with Gasteiger partial charge >= 0.3 is 5.91 Å². The van der Waals surface area contributed by atoms with Crippen LogP contribution in [0.25, 0.3) is 0 Å². The molecular formula is C11H10BrN5OS. The lowest BCUT2D eigenvalue weighted by atomic mass is 10.2. The summed E-state index contributed by atoms with van der Waals surface area (Å²) >= 11 is 8.07. The molecule has 1 aliphatic heterocycles. The molecule has 0 aliphatic carbocycles. The summed E-state index contributed by atoms with van der Waals surface area (Å²) in [6.45, 7) is 1.66. The van der Waals surface area contributed by atoms with Gasteiger partial charge in [0.2, 0.25) is 0 Å². The Balaban J connectivity index is 2.19. The number of anilines is 1. The smallest absolute Gasteiger partial charge is 0.303 e. The molecule has 1 heterocycles. The Kier molecular flexibility index (Phi) is 3.91. The Hall–Kier alpha value is -1.80. The summed E-state index contributed by atoms with van der Waals surface area (Å²) < 4.78 is 0.908.